The number of rotatable bonds is 5. The molecular weight excluding hydrogens is 366 g/mol. The monoisotopic (exact) mass is 382 g/mol. The molecule has 0 aliphatic heterocycles. The van der Waals surface area contributed by atoms with Gasteiger partial charge in [-0.1, -0.05) is 0 Å². The minimum absolute atomic E-state index is 0.0720. The number of aromatic nitrogens is 2. The number of carbonyl (C=O) groups excluding carboxylic acids is 2. The summed E-state index contributed by atoms with van der Waals surface area (Å²) in [5.41, 5.74) is 1.89. The summed E-state index contributed by atoms with van der Waals surface area (Å²) in [6.07, 6.45) is 0. The largest absolute Gasteiger partial charge is 0.324 e. The molecule has 0 bridgehead atoms. The van der Waals surface area contributed by atoms with E-state index in [-0.39, 0.29) is 23.1 Å². The second kappa shape index (κ2) is 7.91. The number of aryl methyl sites for hydroxylation is 1. The van der Waals surface area contributed by atoms with Crippen LogP contribution in [0.25, 0.3) is 0 Å². The van der Waals surface area contributed by atoms with Gasteiger partial charge in [0, 0.05) is 28.7 Å². The van der Waals surface area contributed by atoms with Crippen LogP contribution in [-0.2, 0) is 0 Å². The Hall–Kier alpha value is -3.68. The lowest BCUT2D eigenvalue weighted by molar-refractivity contribution is 0.101. The minimum Gasteiger partial charge on any atom is -0.324 e. The molecule has 0 aliphatic rings. The minimum atomic E-state index is -1.01. The van der Waals surface area contributed by atoms with Crippen LogP contribution in [0.1, 0.15) is 33.5 Å². The first kappa shape index (κ1) is 19.1. The number of nitrogens with zero attached hydrogens (tertiary/aromatic N) is 2. The number of carbonyl (C=O) groups is 2. The maximum atomic E-state index is 13.3. The zero-order valence-electron chi connectivity index (χ0n) is 15.1. The third kappa shape index (κ3) is 4.53. The molecule has 28 heavy (non-hydrogen) atoms. The van der Waals surface area contributed by atoms with Crippen LogP contribution in [0.15, 0.2) is 48.5 Å². The van der Waals surface area contributed by atoms with E-state index in [4.69, 9.17) is 0 Å². The second-order valence-corrected chi connectivity index (χ2v) is 6.06. The standard InChI is InChI=1S/C20H16F2N4O2/c1-11-9-18(19(28)24-14-5-3-13(4-6-14)12(2)27)26-20(23-11)25-15-7-8-16(21)17(22)10-15/h3-10H,1-2H3,(H,24,28)(H,23,25,26). The molecule has 2 N–H and O–H groups in total. The number of hydrogen-bond acceptors (Lipinski definition) is 5. The van der Waals surface area contributed by atoms with Crippen molar-refractivity contribution in [2.45, 2.75) is 13.8 Å². The topological polar surface area (TPSA) is 84.0 Å². The molecule has 3 rings (SSSR count). The lowest BCUT2D eigenvalue weighted by atomic mass is 10.1. The van der Waals surface area contributed by atoms with Gasteiger partial charge in [0.15, 0.2) is 17.4 Å². The van der Waals surface area contributed by atoms with Gasteiger partial charge in [-0.05, 0) is 56.3 Å². The van der Waals surface area contributed by atoms with Gasteiger partial charge in [0.25, 0.3) is 5.91 Å². The van der Waals surface area contributed by atoms with Gasteiger partial charge in [-0.3, -0.25) is 9.59 Å². The van der Waals surface area contributed by atoms with E-state index in [1.165, 1.54) is 19.1 Å². The summed E-state index contributed by atoms with van der Waals surface area (Å²) in [6.45, 7) is 3.13. The predicted molar refractivity (Wildman–Crippen MR) is 101 cm³/mol. The molecule has 0 unspecified atom stereocenters. The van der Waals surface area contributed by atoms with E-state index in [2.05, 4.69) is 20.6 Å². The van der Waals surface area contributed by atoms with E-state index >= 15 is 0 Å². The molecule has 0 spiro atoms. The van der Waals surface area contributed by atoms with Gasteiger partial charge in [-0.2, -0.15) is 0 Å². The highest BCUT2D eigenvalue weighted by atomic mass is 19.2. The van der Waals surface area contributed by atoms with E-state index < -0.39 is 17.5 Å². The van der Waals surface area contributed by atoms with Crippen molar-refractivity contribution in [3.63, 3.8) is 0 Å². The quantitative estimate of drug-likeness (QED) is 0.644. The molecule has 0 radical (unpaired) electrons. The highest BCUT2D eigenvalue weighted by molar-refractivity contribution is 6.03. The molecule has 1 aromatic heterocycles. The normalized spacial score (nSPS) is 10.4. The van der Waals surface area contributed by atoms with E-state index in [9.17, 15) is 18.4 Å². The summed E-state index contributed by atoms with van der Waals surface area (Å²) < 4.78 is 26.4. The maximum Gasteiger partial charge on any atom is 0.274 e. The number of halogens is 2. The first-order chi connectivity index (χ1) is 13.3. The molecule has 0 saturated carbocycles. The van der Waals surface area contributed by atoms with E-state index in [1.807, 2.05) is 0 Å². The zero-order valence-corrected chi connectivity index (χ0v) is 15.1. The number of ketones is 1. The highest BCUT2D eigenvalue weighted by Gasteiger charge is 2.12. The highest BCUT2D eigenvalue weighted by Crippen LogP contribution is 2.18. The third-order valence-electron chi connectivity index (χ3n) is 3.81. The van der Waals surface area contributed by atoms with Gasteiger partial charge in [0.1, 0.15) is 5.69 Å². The van der Waals surface area contributed by atoms with Crippen LogP contribution < -0.4 is 10.6 Å². The Morgan fingerprint density at radius 2 is 1.57 bits per heavy atom. The number of benzene rings is 2. The summed E-state index contributed by atoms with van der Waals surface area (Å²) in [7, 11) is 0. The van der Waals surface area contributed by atoms with Crippen molar-refractivity contribution in [1.29, 1.82) is 0 Å². The first-order valence-corrected chi connectivity index (χ1v) is 8.32. The number of amides is 1. The van der Waals surface area contributed by atoms with Gasteiger partial charge < -0.3 is 10.6 Å². The first-order valence-electron chi connectivity index (χ1n) is 8.32. The van der Waals surface area contributed by atoms with Crippen molar-refractivity contribution >= 4 is 29.0 Å². The van der Waals surface area contributed by atoms with Gasteiger partial charge in [-0.15, -0.1) is 0 Å². The molecule has 0 saturated heterocycles. The van der Waals surface area contributed by atoms with Crippen molar-refractivity contribution in [3.8, 4) is 0 Å². The summed E-state index contributed by atoms with van der Waals surface area (Å²) in [6, 6.07) is 11.2. The second-order valence-electron chi connectivity index (χ2n) is 6.06. The fraction of sp³-hybridized carbons (Fsp3) is 0.100. The molecule has 2 aromatic carbocycles. The smallest absolute Gasteiger partial charge is 0.274 e. The third-order valence-corrected chi connectivity index (χ3v) is 3.81. The average molecular weight is 382 g/mol. The fourth-order valence-corrected chi connectivity index (χ4v) is 2.43. The molecule has 0 atom stereocenters. The van der Waals surface area contributed by atoms with Crippen molar-refractivity contribution < 1.29 is 18.4 Å². The molecular formula is C20H16F2N4O2. The van der Waals surface area contributed by atoms with Crippen LogP contribution in [0.2, 0.25) is 0 Å². The maximum absolute atomic E-state index is 13.3. The average Bonchev–Trinajstić information content (AvgIpc) is 2.64. The Bertz CT molecular complexity index is 1050. The van der Waals surface area contributed by atoms with Crippen molar-refractivity contribution in [3.05, 3.63) is 77.1 Å². The van der Waals surface area contributed by atoms with Crippen LogP contribution in [0.5, 0.6) is 0 Å². The number of hydrogen-bond donors (Lipinski definition) is 2. The zero-order chi connectivity index (χ0) is 20.3. The fourth-order valence-electron chi connectivity index (χ4n) is 2.43. The molecule has 0 fully saturated rings. The number of Topliss-reactive ketones (excluding diaryl/α,β-unsaturated/α-hetero) is 1. The predicted octanol–water partition coefficient (Wildman–Crippen LogP) is 4.26. The van der Waals surface area contributed by atoms with Crippen molar-refractivity contribution in [1.82, 2.24) is 9.97 Å². The molecule has 142 valence electrons. The molecule has 8 heteroatoms. The molecule has 0 aliphatic carbocycles. The van der Waals surface area contributed by atoms with Gasteiger partial charge in [0.05, 0.1) is 0 Å². The van der Waals surface area contributed by atoms with Crippen molar-refractivity contribution in [2.24, 2.45) is 0 Å². The lowest BCUT2D eigenvalue weighted by Gasteiger charge is -2.09. The number of anilines is 3. The Morgan fingerprint density at radius 3 is 2.21 bits per heavy atom. The Kier molecular flexibility index (Phi) is 5.39. The van der Waals surface area contributed by atoms with Gasteiger partial charge in [0.2, 0.25) is 5.95 Å². The summed E-state index contributed by atoms with van der Waals surface area (Å²) >= 11 is 0. The molecule has 1 heterocycles. The van der Waals surface area contributed by atoms with E-state index in [0.29, 0.717) is 16.9 Å². The SMILES string of the molecule is CC(=O)c1ccc(NC(=O)c2cc(C)nc(Nc3ccc(F)c(F)c3)n2)cc1. The lowest BCUT2D eigenvalue weighted by Crippen LogP contribution is -2.15. The van der Waals surface area contributed by atoms with Crippen LogP contribution >= 0.6 is 0 Å². The Morgan fingerprint density at radius 1 is 0.893 bits per heavy atom. The molecule has 3 aromatic rings. The Balaban J connectivity index is 1.78. The van der Waals surface area contributed by atoms with E-state index in [1.54, 1.807) is 31.2 Å². The van der Waals surface area contributed by atoms with Crippen LogP contribution in [0, 0.1) is 18.6 Å². The van der Waals surface area contributed by atoms with Gasteiger partial charge in [-0.25, -0.2) is 18.7 Å². The number of nitrogens with one attached hydrogen (secondary N) is 2. The Labute approximate surface area is 159 Å². The molecule has 1 amide bonds. The van der Waals surface area contributed by atoms with Crippen LogP contribution in [0.4, 0.5) is 26.1 Å². The summed E-state index contributed by atoms with van der Waals surface area (Å²) in [4.78, 5) is 32.1. The van der Waals surface area contributed by atoms with Crippen LogP contribution in [-0.4, -0.2) is 21.7 Å². The van der Waals surface area contributed by atoms with Crippen molar-refractivity contribution in [2.75, 3.05) is 10.6 Å². The molecule has 6 nitrogen and oxygen atoms in total. The summed E-state index contributed by atoms with van der Waals surface area (Å²) in [5.74, 6) is -2.45. The van der Waals surface area contributed by atoms with Gasteiger partial charge >= 0.3 is 0 Å². The van der Waals surface area contributed by atoms with Crippen LogP contribution in [0.3, 0.4) is 0 Å². The van der Waals surface area contributed by atoms with E-state index in [0.717, 1.165) is 12.1 Å². The summed E-state index contributed by atoms with van der Waals surface area (Å²) in [5, 5.41) is 5.43.